The highest BCUT2D eigenvalue weighted by atomic mass is 15.2. The zero-order valence-corrected chi connectivity index (χ0v) is 12.0. The molecule has 0 bridgehead atoms. The van der Waals surface area contributed by atoms with Crippen molar-refractivity contribution >= 4 is 0 Å². The average Bonchev–Trinajstić information content (AvgIpc) is 2.37. The standard InChI is InChI=1S/C14H31N3/c1-4-5-6-10-16(3)11-7-14(2)17-12-8-15-9-13-17/h14-15H,4-13H2,1-3H3. The van der Waals surface area contributed by atoms with Crippen LogP contribution in [0.3, 0.4) is 0 Å². The van der Waals surface area contributed by atoms with Gasteiger partial charge >= 0.3 is 0 Å². The summed E-state index contributed by atoms with van der Waals surface area (Å²) in [7, 11) is 2.26. The monoisotopic (exact) mass is 241 g/mol. The van der Waals surface area contributed by atoms with Gasteiger partial charge in [0, 0.05) is 32.2 Å². The number of nitrogens with zero attached hydrogens (tertiary/aromatic N) is 2. The van der Waals surface area contributed by atoms with Crippen molar-refractivity contribution in [2.45, 2.75) is 45.6 Å². The molecule has 1 atom stereocenters. The van der Waals surface area contributed by atoms with E-state index in [1.165, 1.54) is 51.9 Å². The van der Waals surface area contributed by atoms with Gasteiger partial charge in [0.2, 0.25) is 0 Å². The zero-order chi connectivity index (χ0) is 12.5. The topological polar surface area (TPSA) is 18.5 Å². The largest absolute Gasteiger partial charge is 0.314 e. The van der Waals surface area contributed by atoms with E-state index in [1.54, 1.807) is 0 Å². The Kier molecular flexibility index (Phi) is 7.82. The van der Waals surface area contributed by atoms with E-state index in [9.17, 15) is 0 Å². The molecule has 102 valence electrons. The fourth-order valence-electron chi connectivity index (χ4n) is 2.46. The Hall–Kier alpha value is -0.120. The molecule has 1 heterocycles. The maximum Gasteiger partial charge on any atom is 0.0110 e. The van der Waals surface area contributed by atoms with Gasteiger partial charge in [0.1, 0.15) is 0 Å². The van der Waals surface area contributed by atoms with Crippen LogP contribution in [-0.4, -0.2) is 62.2 Å². The first-order valence-electron chi connectivity index (χ1n) is 7.37. The van der Waals surface area contributed by atoms with E-state index >= 15 is 0 Å². The smallest absolute Gasteiger partial charge is 0.0110 e. The van der Waals surface area contributed by atoms with Gasteiger partial charge in [-0.15, -0.1) is 0 Å². The molecule has 1 aliphatic rings. The number of rotatable bonds is 8. The Morgan fingerprint density at radius 1 is 1.18 bits per heavy atom. The van der Waals surface area contributed by atoms with Crippen molar-refractivity contribution in [3.8, 4) is 0 Å². The molecule has 1 unspecified atom stereocenters. The molecule has 0 aromatic heterocycles. The van der Waals surface area contributed by atoms with E-state index in [4.69, 9.17) is 0 Å². The van der Waals surface area contributed by atoms with Gasteiger partial charge in [-0.2, -0.15) is 0 Å². The fraction of sp³-hybridized carbons (Fsp3) is 1.00. The highest BCUT2D eigenvalue weighted by molar-refractivity contribution is 4.74. The summed E-state index contributed by atoms with van der Waals surface area (Å²) in [6.07, 6.45) is 5.36. The highest BCUT2D eigenvalue weighted by Gasteiger charge is 2.16. The molecular weight excluding hydrogens is 210 g/mol. The van der Waals surface area contributed by atoms with E-state index in [0.717, 1.165) is 19.1 Å². The van der Waals surface area contributed by atoms with Crippen molar-refractivity contribution in [2.24, 2.45) is 0 Å². The third-order valence-electron chi connectivity index (χ3n) is 3.85. The zero-order valence-electron chi connectivity index (χ0n) is 12.0. The first-order chi connectivity index (χ1) is 8.24. The molecule has 1 rings (SSSR count). The Morgan fingerprint density at radius 3 is 2.53 bits per heavy atom. The molecule has 0 aromatic rings. The summed E-state index contributed by atoms with van der Waals surface area (Å²) < 4.78 is 0. The van der Waals surface area contributed by atoms with Crippen LogP contribution in [0.2, 0.25) is 0 Å². The maximum absolute atomic E-state index is 3.42. The summed E-state index contributed by atoms with van der Waals surface area (Å²) in [4.78, 5) is 5.12. The van der Waals surface area contributed by atoms with Gasteiger partial charge in [-0.1, -0.05) is 19.8 Å². The second-order valence-electron chi connectivity index (χ2n) is 5.43. The number of unbranched alkanes of at least 4 members (excludes halogenated alkanes) is 2. The molecule has 0 radical (unpaired) electrons. The lowest BCUT2D eigenvalue weighted by molar-refractivity contribution is 0.163. The Balaban J connectivity index is 2.07. The molecule has 1 fully saturated rings. The summed E-state index contributed by atoms with van der Waals surface area (Å²) in [5.74, 6) is 0. The fourth-order valence-corrected chi connectivity index (χ4v) is 2.46. The van der Waals surface area contributed by atoms with Gasteiger partial charge in [-0.3, -0.25) is 4.90 Å². The maximum atomic E-state index is 3.42. The normalized spacial score (nSPS) is 19.8. The first kappa shape index (κ1) is 14.9. The van der Waals surface area contributed by atoms with Crippen LogP contribution in [0.1, 0.15) is 39.5 Å². The van der Waals surface area contributed by atoms with Crippen LogP contribution in [0.5, 0.6) is 0 Å². The van der Waals surface area contributed by atoms with Crippen molar-refractivity contribution in [3.63, 3.8) is 0 Å². The molecule has 0 saturated carbocycles. The number of nitrogens with one attached hydrogen (secondary N) is 1. The van der Waals surface area contributed by atoms with Crippen LogP contribution in [0.15, 0.2) is 0 Å². The van der Waals surface area contributed by atoms with Crippen LogP contribution < -0.4 is 5.32 Å². The molecule has 0 aromatic carbocycles. The highest BCUT2D eigenvalue weighted by Crippen LogP contribution is 2.06. The van der Waals surface area contributed by atoms with Crippen LogP contribution in [0, 0.1) is 0 Å². The molecule has 0 amide bonds. The molecular formula is C14H31N3. The van der Waals surface area contributed by atoms with Crippen LogP contribution in [0.4, 0.5) is 0 Å². The number of piperazine rings is 1. The third kappa shape index (κ3) is 6.39. The molecule has 0 spiro atoms. The van der Waals surface area contributed by atoms with Crippen LogP contribution in [0.25, 0.3) is 0 Å². The summed E-state index contributed by atoms with van der Waals surface area (Å²) >= 11 is 0. The average molecular weight is 241 g/mol. The van der Waals surface area contributed by atoms with E-state index in [-0.39, 0.29) is 0 Å². The Morgan fingerprint density at radius 2 is 1.88 bits per heavy atom. The second kappa shape index (κ2) is 8.90. The van der Waals surface area contributed by atoms with Gasteiger partial charge < -0.3 is 10.2 Å². The third-order valence-corrected chi connectivity index (χ3v) is 3.85. The molecule has 1 aliphatic heterocycles. The van der Waals surface area contributed by atoms with E-state index in [1.807, 2.05) is 0 Å². The summed E-state index contributed by atoms with van der Waals surface area (Å²) in [6, 6.07) is 0.741. The van der Waals surface area contributed by atoms with Crippen molar-refractivity contribution in [1.29, 1.82) is 0 Å². The lowest BCUT2D eigenvalue weighted by atomic mass is 10.1. The van der Waals surface area contributed by atoms with Gasteiger partial charge in [0.25, 0.3) is 0 Å². The van der Waals surface area contributed by atoms with E-state index in [2.05, 4.69) is 36.0 Å². The van der Waals surface area contributed by atoms with Crippen molar-refractivity contribution < 1.29 is 0 Å². The van der Waals surface area contributed by atoms with Crippen molar-refractivity contribution in [3.05, 3.63) is 0 Å². The van der Waals surface area contributed by atoms with Gasteiger partial charge in [-0.25, -0.2) is 0 Å². The molecule has 3 nitrogen and oxygen atoms in total. The predicted molar refractivity (Wildman–Crippen MR) is 75.5 cm³/mol. The quantitative estimate of drug-likeness (QED) is 0.654. The molecule has 1 saturated heterocycles. The minimum Gasteiger partial charge on any atom is -0.314 e. The molecule has 17 heavy (non-hydrogen) atoms. The summed E-state index contributed by atoms with van der Waals surface area (Å²) in [6.45, 7) is 11.9. The Bertz CT molecular complexity index is 178. The SMILES string of the molecule is CCCCCN(C)CCC(C)N1CCNCC1. The Labute approximate surface area is 108 Å². The summed E-state index contributed by atoms with van der Waals surface area (Å²) in [5, 5.41) is 3.42. The summed E-state index contributed by atoms with van der Waals surface area (Å²) in [5.41, 5.74) is 0. The van der Waals surface area contributed by atoms with Crippen molar-refractivity contribution in [1.82, 2.24) is 15.1 Å². The lowest BCUT2D eigenvalue weighted by Crippen LogP contribution is -2.48. The van der Waals surface area contributed by atoms with Crippen LogP contribution in [-0.2, 0) is 0 Å². The van der Waals surface area contributed by atoms with E-state index in [0.29, 0.717) is 0 Å². The van der Waals surface area contributed by atoms with Gasteiger partial charge in [-0.05, 0) is 39.9 Å². The van der Waals surface area contributed by atoms with Gasteiger partial charge in [0.05, 0.1) is 0 Å². The molecule has 0 aliphatic carbocycles. The lowest BCUT2D eigenvalue weighted by Gasteiger charge is -2.33. The van der Waals surface area contributed by atoms with Crippen molar-refractivity contribution in [2.75, 3.05) is 46.3 Å². The molecule has 3 heteroatoms. The predicted octanol–water partition coefficient (Wildman–Crippen LogP) is 1.79. The second-order valence-corrected chi connectivity index (χ2v) is 5.43. The minimum absolute atomic E-state index is 0.741. The number of hydrogen-bond acceptors (Lipinski definition) is 3. The van der Waals surface area contributed by atoms with Gasteiger partial charge in [0.15, 0.2) is 0 Å². The first-order valence-corrected chi connectivity index (χ1v) is 7.37. The van der Waals surface area contributed by atoms with Crippen LogP contribution >= 0.6 is 0 Å². The minimum atomic E-state index is 0.741. The molecule has 1 N–H and O–H groups in total. The van der Waals surface area contributed by atoms with E-state index < -0.39 is 0 Å². The number of hydrogen-bond donors (Lipinski definition) is 1.